The Morgan fingerprint density at radius 1 is 1.31 bits per heavy atom. The first kappa shape index (κ1) is 11.0. The summed E-state index contributed by atoms with van der Waals surface area (Å²) < 4.78 is 13.3. The van der Waals surface area contributed by atoms with E-state index in [-0.39, 0.29) is 5.82 Å². The molecule has 1 aromatic carbocycles. The van der Waals surface area contributed by atoms with Gasteiger partial charge in [-0.25, -0.2) is 4.39 Å². The molecule has 0 bridgehead atoms. The molecule has 6 heteroatoms. The summed E-state index contributed by atoms with van der Waals surface area (Å²) in [5.41, 5.74) is 5.81. The van der Waals surface area contributed by atoms with Gasteiger partial charge in [0.05, 0.1) is 5.69 Å². The Morgan fingerprint density at radius 3 is 2.88 bits per heavy atom. The minimum Gasteiger partial charge on any atom is -0.330 e. The Labute approximate surface area is 96.3 Å². The summed E-state index contributed by atoms with van der Waals surface area (Å²) in [6.45, 7) is 0.536. The summed E-state index contributed by atoms with van der Waals surface area (Å²) in [7, 11) is 0. The van der Waals surface area contributed by atoms with Gasteiger partial charge < -0.3 is 11.1 Å². The molecule has 0 saturated carbocycles. The quantitative estimate of drug-likeness (QED) is 0.854. The van der Waals surface area contributed by atoms with Gasteiger partial charge in [-0.1, -0.05) is 23.5 Å². The van der Waals surface area contributed by atoms with Gasteiger partial charge in [-0.3, -0.25) is 0 Å². The monoisotopic (exact) mass is 238 g/mol. The minimum absolute atomic E-state index is 0.307. The smallest absolute Gasteiger partial charge is 0.210 e. The summed E-state index contributed by atoms with van der Waals surface area (Å²) >= 11 is 1.38. The first-order valence-electron chi connectivity index (χ1n) is 4.83. The van der Waals surface area contributed by atoms with Crippen molar-refractivity contribution in [3.8, 4) is 0 Å². The highest BCUT2D eigenvalue weighted by molar-refractivity contribution is 7.15. The number of halogens is 1. The SMILES string of the molecule is NCCc1nnc(Nc2ccccc2F)s1. The number of rotatable bonds is 4. The molecule has 0 unspecified atom stereocenters. The van der Waals surface area contributed by atoms with Crippen molar-refractivity contribution in [1.29, 1.82) is 0 Å². The van der Waals surface area contributed by atoms with E-state index < -0.39 is 0 Å². The topological polar surface area (TPSA) is 63.8 Å². The van der Waals surface area contributed by atoms with E-state index in [1.807, 2.05) is 0 Å². The average Bonchev–Trinajstić information content (AvgIpc) is 2.70. The lowest BCUT2D eigenvalue weighted by Gasteiger charge is -2.01. The third-order valence-electron chi connectivity index (χ3n) is 1.94. The second-order valence-electron chi connectivity index (χ2n) is 3.14. The van der Waals surface area contributed by atoms with Crippen molar-refractivity contribution in [1.82, 2.24) is 10.2 Å². The summed E-state index contributed by atoms with van der Waals surface area (Å²) in [5.74, 6) is -0.307. The maximum absolute atomic E-state index is 13.3. The Kier molecular flexibility index (Phi) is 3.43. The zero-order chi connectivity index (χ0) is 11.4. The predicted molar refractivity (Wildman–Crippen MR) is 62.4 cm³/mol. The minimum atomic E-state index is -0.307. The van der Waals surface area contributed by atoms with Crippen LogP contribution in [0.4, 0.5) is 15.2 Å². The maximum atomic E-state index is 13.3. The molecule has 0 spiro atoms. The zero-order valence-electron chi connectivity index (χ0n) is 8.48. The third kappa shape index (κ3) is 2.53. The molecule has 0 radical (unpaired) electrons. The number of hydrogen-bond donors (Lipinski definition) is 2. The number of nitrogens with zero attached hydrogens (tertiary/aromatic N) is 2. The molecule has 0 atom stereocenters. The molecule has 2 rings (SSSR count). The van der Waals surface area contributed by atoms with Crippen LogP contribution in [0, 0.1) is 5.82 Å². The summed E-state index contributed by atoms with van der Waals surface area (Å²) in [4.78, 5) is 0. The van der Waals surface area contributed by atoms with Crippen molar-refractivity contribution in [2.75, 3.05) is 11.9 Å². The average molecular weight is 238 g/mol. The molecule has 0 saturated heterocycles. The Hall–Kier alpha value is -1.53. The van der Waals surface area contributed by atoms with Gasteiger partial charge in [0.2, 0.25) is 5.13 Å². The zero-order valence-corrected chi connectivity index (χ0v) is 9.30. The standard InChI is InChI=1S/C10H11FN4S/c11-7-3-1-2-4-8(7)13-10-15-14-9(16-10)5-6-12/h1-4H,5-6,12H2,(H,13,15). The van der Waals surface area contributed by atoms with E-state index in [2.05, 4.69) is 15.5 Å². The fourth-order valence-electron chi connectivity index (χ4n) is 1.21. The fraction of sp³-hybridized carbons (Fsp3) is 0.200. The van der Waals surface area contributed by atoms with E-state index in [1.165, 1.54) is 17.4 Å². The molecular formula is C10H11FN4S. The van der Waals surface area contributed by atoms with Crippen LogP contribution in [0.2, 0.25) is 0 Å². The molecule has 1 heterocycles. The number of aromatic nitrogens is 2. The van der Waals surface area contributed by atoms with Crippen LogP contribution in [0.3, 0.4) is 0 Å². The molecule has 0 aliphatic rings. The summed E-state index contributed by atoms with van der Waals surface area (Å²) in [6.07, 6.45) is 0.691. The molecule has 4 nitrogen and oxygen atoms in total. The lowest BCUT2D eigenvalue weighted by Crippen LogP contribution is -2.01. The second kappa shape index (κ2) is 5.00. The first-order chi connectivity index (χ1) is 7.79. The number of para-hydroxylation sites is 1. The molecule has 16 heavy (non-hydrogen) atoms. The molecule has 84 valence electrons. The van der Waals surface area contributed by atoms with Gasteiger partial charge in [-0.15, -0.1) is 10.2 Å². The van der Waals surface area contributed by atoms with Crippen LogP contribution in [0.25, 0.3) is 0 Å². The first-order valence-corrected chi connectivity index (χ1v) is 5.65. The van der Waals surface area contributed by atoms with Crippen LogP contribution in [-0.4, -0.2) is 16.7 Å². The van der Waals surface area contributed by atoms with Crippen molar-refractivity contribution in [3.63, 3.8) is 0 Å². The van der Waals surface area contributed by atoms with E-state index in [0.717, 1.165) is 5.01 Å². The molecule has 0 aliphatic carbocycles. The molecule has 2 aromatic rings. The normalized spacial score (nSPS) is 10.4. The van der Waals surface area contributed by atoms with Crippen LogP contribution in [0.15, 0.2) is 24.3 Å². The van der Waals surface area contributed by atoms with Crippen LogP contribution >= 0.6 is 11.3 Å². The number of nitrogens with one attached hydrogen (secondary N) is 1. The lowest BCUT2D eigenvalue weighted by atomic mass is 10.3. The second-order valence-corrected chi connectivity index (χ2v) is 4.21. The van der Waals surface area contributed by atoms with E-state index in [1.54, 1.807) is 18.2 Å². The third-order valence-corrected chi connectivity index (χ3v) is 2.84. The molecule has 0 fully saturated rings. The van der Waals surface area contributed by atoms with Crippen molar-refractivity contribution in [3.05, 3.63) is 35.1 Å². The van der Waals surface area contributed by atoms with Gasteiger partial charge in [0.25, 0.3) is 0 Å². The maximum Gasteiger partial charge on any atom is 0.210 e. The van der Waals surface area contributed by atoms with Gasteiger partial charge in [0, 0.05) is 6.42 Å². The van der Waals surface area contributed by atoms with E-state index in [0.29, 0.717) is 23.8 Å². The van der Waals surface area contributed by atoms with Crippen molar-refractivity contribution in [2.24, 2.45) is 5.73 Å². The van der Waals surface area contributed by atoms with Crippen LogP contribution in [0.1, 0.15) is 5.01 Å². The predicted octanol–water partition coefficient (Wildman–Crippen LogP) is 1.92. The number of nitrogens with two attached hydrogens (primary N) is 1. The highest BCUT2D eigenvalue weighted by Gasteiger charge is 2.06. The Balaban J connectivity index is 2.11. The molecular weight excluding hydrogens is 227 g/mol. The summed E-state index contributed by atoms with van der Waals surface area (Å²) in [5, 5.41) is 12.1. The molecule has 0 aliphatic heterocycles. The fourth-order valence-corrected chi connectivity index (χ4v) is 1.97. The summed E-state index contributed by atoms with van der Waals surface area (Å²) in [6, 6.07) is 6.44. The molecule has 0 amide bonds. The van der Waals surface area contributed by atoms with Gasteiger partial charge in [0.1, 0.15) is 10.8 Å². The van der Waals surface area contributed by atoms with Gasteiger partial charge in [0.15, 0.2) is 0 Å². The van der Waals surface area contributed by atoms with Gasteiger partial charge in [-0.05, 0) is 18.7 Å². The number of benzene rings is 1. The molecule has 3 N–H and O–H groups in total. The highest BCUT2D eigenvalue weighted by Crippen LogP contribution is 2.22. The number of anilines is 2. The van der Waals surface area contributed by atoms with Crippen LogP contribution in [0.5, 0.6) is 0 Å². The Morgan fingerprint density at radius 2 is 2.12 bits per heavy atom. The van der Waals surface area contributed by atoms with Gasteiger partial charge in [-0.2, -0.15) is 0 Å². The van der Waals surface area contributed by atoms with E-state index in [4.69, 9.17) is 5.73 Å². The van der Waals surface area contributed by atoms with Crippen molar-refractivity contribution < 1.29 is 4.39 Å². The van der Waals surface area contributed by atoms with E-state index in [9.17, 15) is 4.39 Å². The van der Waals surface area contributed by atoms with Crippen molar-refractivity contribution in [2.45, 2.75) is 6.42 Å². The highest BCUT2D eigenvalue weighted by atomic mass is 32.1. The van der Waals surface area contributed by atoms with E-state index >= 15 is 0 Å². The Bertz CT molecular complexity index is 471. The molecule has 1 aromatic heterocycles. The van der Waals surface area contributed by atoms with Crippen molar-refractivity contribution >= 4 is 22.2 Å². The largest absolute Gasteiger partial charge is 0.330 e. The van der Waals surface area contributed by atoms with Gasteiger partial charge >= 0.3 is 0 Å². The van der Waals surface area contributed by atoms with Crippen LogP contribution < -0.4 is 11.1 Å². The number of hydrogen-bond acceptors (Lipinski definition) is 5. The van der Waals surface area contributed by atoms with Crippen LogP contribution in [-0.2, 0) is 6.42 Å². The lowest BCUT2D eigenvalue weighted by molar-refractivity contribution is 0.632.